The van der Waals surface area contributed by atoms with E-state index in [1.807, 2.05) is 14.1 Å². The van der Waals surface area contributed by atoms with Crippen LogP contribution in [-0.4, -0.2) is 54.0 Å². The van der Waals surface area contributed by atoms with Crippen LogP contribution in [0.25, 0.3) is 0 Å². The number of likely N-dealkylation sites (N-methyl/N-ethyl adjacent to an activating group) is 1. The number of rotatable bonds is 17. The third-order valence-electron chi connectivity index (χ3n) is 4.66. The van der Waals surface area contributed by atoms with Crippen LogP contribution in [0.2, 0.25) is 0 Å². The van der Waals surface area contributed by atoms with Gasteiger partial charge in [-0.15, -0.1) is 0 Å². The van der Waals surface area contributed by atoms with Crippen LogP contribution in [0.5, 0.6) is 0 Å². The third kappa shape index (κ3) is 16.3. The molecule has 0 aliphatic carbocycles. The molecule has 0 fully saturated rings. The van der Waals surface area contributed by atoms with Gasteiger partial charge in [-0.3, -0.25) is 0 Å². The number of hydrogen-bond acceptors (Lipinski definition) is 2. The van der Waals surface area contributed by atoms with E-state index in [4.69, 9.17) is 5.11 Å². The number of carboxylic acid groups (broad SMARTS) is 1. The Labute approximate surface area is 149 Å². The first kappa shape index (κ1) is 23.4. The van der Waals surface area contributed by atoms with E-state index in [1.165, 1.54) is 70.6 Å². The Morgan fingerprint density at radius 2 is 1.25 bits per heavy atom. The average molecular weight is 345 g/mol. The summed E-state index contributed by atoms with van der Waals surface area (Å²) in [6.07, 6.45) is 16.2. The summed E-state index contributed by atoms with van der Waals surface area (Å²) in [5, 5.41) is 18.9. The molecule has 0 radical (unpaired) electrons. The molecule has 1 unspecified atom stereocenters. The summed E-state index contributed by atoms with van der Waals surface area (Å²) >= 11 is 0. The lowest BCUT2D eigenvalue weighted by molar-refractivity contribution is -0.886. The molecule has 0 amide bonds. The van der Waals surface area contributed by atoms with Gasteiger partial charge in [0.2, 0.25) is 0 Å². The highest BCUT2D eigenvalue weighted by molar-refractivity contribution is 5.67. The van der Waals surface area contributed by atoms with Crippen molar-refractivity contribution in [3.05, 3.63) is 0 Å². The van der Waals surface area contributed by atoms with Gasteiger partial charge in [0.05, 0.1) is 14.1 Å². The average Bonchev–Trinajstić information content (AvgIpc) is 2.46. The van der Waals surface area contributed by atoms with E-state index in [-0.39, 0.29) is 12.6 Å². The van der Waals surface area contributed by atoms with Crippen LogP contribution in [-0.2, 0) is 4.79 Å². The lowest BCUT2D eigenvalue weighted by Crippen LogP contribution is -2.48. The first-order valence-electron chi connectivity index (χ1n) is 10.1. The number of quaternary nitrogens is 1. The standard InChI is InChI=1S/C20H41NO3/c1-4-5-6-7-8-9-10-11-12-13-14-15-16-19(22)17-21(2,3)18-20(23)24/h19,22H,4-18H2,1-3H3/p+1. The summed E-state index contributed by atoms with van der Waals surface area (Å²) in [6.45, 7) is 2.84. The summed E-state index contributed by atoms with van der Waals surface area (Å²) in [7, 11) is 3.72. The van der Waals surface area contributed by atoms with E-state index in [0.29, 0.717) is 11.0 Å². The van der Waals surface area contributed by atoms with Gasteiger partial charge in [0.1, 0.15) is 12.6 Å². The predicted octanol–water partition coefficient (Wildman–Crippen LogP) is 4.60. The monoisotopic (exact) mass is 344 g/mol. The van der Waals surface area contributed by atoms with E-state index >= 15 is 0 Å². The van der Waals surface area contributed by atoms with Crippen LogP contribution >= 0.6 is 0 Å². The lowest BCUT2D eigenvalue weighted by Gasteiger charge is -2.30. The second kappa shape index (κ2) is 14.7. The van der Waals surface area contributed by atoms with Gasteiger partial charge in [-0.2, -0.15) is 0 Å². The van der Waals surface area contributed by atoms with Crippen LogP contribution in [0.3, 0.4) is 0 Å². The molecule has 0 spiro atoms. The number of carboxylic acids is 1. The smallest absolute Gasteiger partial charge is 0.359 e. The van der Waals surface area contributed by atoms with Crippen LogP contribution in [0.4, 0.5) is 0 Å². The molecule has 1 atom stereocenters. The molecule has 0 heterocycles. The van der Waals surface area contributed by atoms with E-state index < -0.39 is 5.97 Å². The summed E-state index contributed by atoms with van der Waals surface area (Å²) < 4.78 is 0.342. The van der Waals surface area contributed by atoms with Crippen molar-refractivity contribution in [1.82, 2.24) is 0 Å². The normalized spacial score (nSPS) is 13.2. The van der Waals surface area contributed by atoms with Gasteiger partial charge in [-0.1, -0.05) is 84.0 Å². The first-order chi connectivity index (χ1) is 11.4. The molecule has 0 aliphatic heterocycles. The van der Waals surface area contributed by atoms with Gasteiger partial charge >= 0.3 is 5.97 Å². The van der Waals surface area contributed by atoms with E-state index in [0.717, 1.165) is 12.8 Å². The minimum atomic E-state index is -0.808. The van der Waals surface area contributed by atoms with Crippen molar-refractivity contribution in [2.75, 3.05) is 27.2 Å². The van der Waals surface area contributed by atoms with E-state index in [9.17, 15) is 9.90 Å². The molecule has 2 N–H and O–H groups in total. The fourth-order valence-corrected chi connectivity index (χ4v) is 3.31. The second-order valence-electron chi connectivity index (χ2n) is 8.00. The maximum absolute atomic E-state index is 10.8. The molecule has 144 valence electrons. The minimum Gasteiger partial charge on any atom is -0.477 e. The first-order valence-corrected chi connectivity index (χ1v) is 10.1. The zero-order valence-corrected chi connectivity index (χ0v) is 16.4. The third-order valence-corrected chi connectivity index (χ3v) is 4.66. The van der Waals surface area contributed by atoms with E-state index in [1.54, 1.807) is 0 Å². The summed E-state index contributed by atoms with van der Waals surface area (Å²) in [5.74, 6) is -0.808. The Morgan fingerprint density at radius 1 is 0.833 bits per heavy atom. The van der Waals surface area contributed by atoms with Crippen LogP contribution < -0.4 is 0 Å². The summed E-state index contributed by atoms with van der Waals surface area (Å²) in [6, 6.07) is 0. The van der Waals surface area contributed by atoms with Gasteiger partial charge < -0.3 is 14.7 Å². The van der Waals surface area contributed by atoms with Crippen molar-refractivity contribution in [3.63, 3.8) is 0 Å². The van der Waals surface area contributed by atoms with Crippen molar-refractivity contribution in [3.8, 4) is 0 Å². The number of aliphatic hydroxyl groups is 1. The van der Waals surface area contributed by atoms with Gasteiger partial charge in [-0.25, -0.2) is 4.79 Å². The number of unbranched alkanes of at least 4 members (excludes halogenated alkanes) is 11. The maximum atomic E-state index is 10.8. The molecule has 0 aromatic heterocycles. The molecule has 0 saturated heterocycles. The van der Waals surface area contributed by atoms with Gasteiger partial charge in [0.15, 0.2) is 6.54 Å². The van der Waals surface area contributed by atoms with Crippen molar-refractivity contribution in [2.45, 2.75) is 96.5 Å². The zero-order chi connectivity index (χ0) is 18.3. The number of nitrogens with zero attached hydrogens (tertiary/aromatic N) is 1. The number of aliphatic hydroxyl groups excluding tert-OH is 1. The summed E-state index contributed by atoms with van der Waals surface area (Å²) in [5.41, 5.74) is 0. The Hall–Kier alpha value is -0.610. The molecule has 24 heavy (non-hydrogen) atoms. The van der Waals surface area contributed by atoms with Gasteiger partial charge in [-0.05, 0) is 6.42 Å². The molecule has 0 rings (SSSR count). The fourth-order valence-electron chi connectivity index (χ4n) is 3.31. The lowest BCUT2D eigenvalue weighted by atomic mass is 10.0. The van der Waals surface area contributed by atoms with Crippen molar-refractivity contribution in [2.24, 2.45) is 0 Å². The molecule has 4 heteroatoms. The Bertz CT molecular complexity index is 305. The molecular weight excluding hydrogens is 302 g/mol. The highest BCUT2D eigenvalue weighted by Gasteiger charge is 2.23. The van der Waals surface area contributed by atoms with Crippen molar-refractivity contribution < 1.29 is 19.5 Å². The highest BCUT2D eigenvalue weighted by atomic mass is 16.4. The van der Waals surface area contributed by atoms with Crippen molar-refractivity contribution >= 4 is 5.97 Å². The fraction of sp³-hybridized carbons (Fsp3) is 0.950. The number of hydrogen-bond donors (Lipinski definition) is 2. The van der Waals surface area contributed by atoms with E-state index in [2.05, 4.69) is 6.92 Å². The topological polar surface area (TPSA) is 57.5 Å². The number of aliphatic carboxylic acids is 1. The zero-order valence-electron chi connectivity index (χ0n) is 16.4. The Balaban J connectivity index is 3.39. The van der Waals surface area contributed by atoms with Gasteiger partial charge in [0.25, 0.3) is 0 Å². The number of carbonyl (C=O) groups is 1. The summed E-state index contributed by atoms with van der Waals surface area (Å²) in [4.78, 5) is 10.8. The molecule has 0 saturated carbocycles. The van der Waals surface area contributed by atoms with Gasteiger partial charge in [0, 0.05) is 0 Å². The Morgan fingerprint density at radius 3 is 1.67 bits per heavy atom. The Kier molecular flexibility index (Phi) is 14.3. The molecule has 0 bridgehead atoms. The highest BCUT2D eigenvalue weighted by Crippen LogP contribution is 2.13. The molecule has 0 aromatic rings. The van der Waals surface area contributed by atoms with Crippen molar-refractivity contribution in [1.29, 1.82) is 0 Å². The minimum absolute atomic E-state index is 0.0650. The molecule has 4 nitrogen and oxygen atoms in total. The molecule has 0 aromatic carbocycles. The van der Waals surface area contributed by atoms with Crippen LogP contribution in [0, 0.1) is 0 Å². The SMILES string of the molecule is CCCCCCCCCCCCCCC(O)C[N+](C)(C)CC(=O)O. The molecular formula is C20H42NO3+. The quantitative estimate of drug-likeness (QED) is 0.299. The second-order valence-corrected chi connectivity index (χ2v) is 8.00. The maximum Gasteiger partial charge on any atom is 0.359 e. The van der Waals surface area contributed by atoms with Crippen LogP contribution in [0.15, 0.2) is 0 Å². The molecule has 0 aliphatic rings. The van der Waals surface area contributed by atoms with Crippen LogP contribution in [0.1, 0.15) is 90.4 Å². The predicted molar refractivity (Wildman–Crippen MR) is 101 cm³/mol. The largest absolute Gasteiger partial charge is 0.477 e.